The minimum absolute atomic E-state index is 0.905. The van der Waals surface area contributed by atoms with E-state index in [-0.39, 0.29) is 0 Å². The molecule has 0 saturated heterocycles. The quantitative estimate of drug-likeness (QED) is 0.647. The zero-order valence-electron chi connectivity index (χ0n) is 5.71. The molecule has 2 aromatic rings. The van der Waals surface area contributed by atoms with Gasteiger partial charge in [-0.3, -0.25) is 4.98 Å². The average molecular weight is 207 g/mol. The standard InChI is InChI=1S/C9H5BrN/c10-8-4-1-5-9-7(8)3-2-6-11-9/h1-4,6H. The van der Waals surface area contributed by atoms with Crippen LogP contribution in [0.4, 0.5) is 0 Å². The fourth-order valence-electron chi connectivity index (χ4n) is 0.997. The second-order valence-electron chi connectivity index (χ2n) is 2.23. The highest BCUT2D eigenvalue weighted by Gasteiger charge is 1.95. The molecular weight excluding hydrogens is 202 g/mol. The number of pyridine rings is 1. The smallest absolute Gasteiger partial charge is 0.0792 e. The Morgan fingerprint density at radius 1 is 1.36 bits per heavy atom. The van der Waals surface area contributed by atoms with Crippen LogP contribution in [0, 0.1) is 6.07 Å². The van der Waals surface area contributed by atoms with E-state index in [1.165, 1.54) is 0 Å². The van der Waals surface area contributed by atoms with E-state index >= 15 is 0 Å². The monoisotopic (exact) mass is 206 g/mol. The molecule has 0 unspecified atom stereocenters. The molecule has 2 heteroatoms. The zero-order valence-corrected chi connectivity index (χ0v) is 7.30. The fraction of sp³-hybridized carbons (Fsp3) is 0. The molecule has 0 aliphatic carbocycles. The van der Waals surface area contributed by atoms with Gasteiger partial charge in [0.2, 0.25) is 0 Å². The summed E-state index contributed by atoms with van der Waals surface area (Å²) < 4.78 is 1.07. The van der Waals surface area contributed by atoms with Crippen molar-refractivity contribution in [3.63, 3.8) is 0 Å². The number of halogens is 1. The number of benzene rings is 1. The Morgan fingerprint density at radius 2 is 2.27 bits per heavy atom. The van der Waals surface area contributed by atoms with Crippen LogP contribution in [-0.4, -0.2) is 4.98 Å². The Kier molecular flexibility index (Phi) is 1.62. The molecule has 1 aromatic heterocycles. The van der Waals surface area contributed by atoms with Crippen LogP contribution < -0.4 is 0 Å². The molecule has 11 heavy (non-hydrogen) atoms. The minimum Gasteiger partial charge on any atom is -0.256 e. The zero-order chi connectivity index (χ0) is 7.68. The van der Waals surface area contributed by atoms with E-state index in [4.69, 9.17) is 0 Å². The van der Waals surface area contributed by atoms with Gasteiger partial charge in [-0.25, -0.2) is 0 Å². The molecule has 1 radical (unpaired) electrons. The van der Waals surface area contributed by atoms with E-state index in [9.17, 15) is 0 Å². The van der Waals surface area contributed by atoms with E-state index in [2.05, 4.69) is 27.0 Å². The van der Waals surface area contributed by atoms with Gasteiger partial charge in [-0.05, 0) is 12.1 Å². The third kappa shape index (κ3) is 1.14. The molecular formula is C9H5BrN. The van der Waals surface area contributed by atoms with Crippen molar-refractivity contribution >= 4 is 26.8 Å². The van der Waals surface area contributed by atoms with Gasteiger partial charge in [0.25, 0.3) is 0 Å². The first-order valence-electron chi connectivity index (χ1n) is 3.29. The van der Waals surface area contributed by atoms with Crippen LogP contribution >= 0.6 is 15.9 Å². The molecule has 0 atom stereocenters. The Hall–Kier alpha value is -0.890. The topological polar surface area (TPSA) is 12.9 Å². The lowest BCUT2D eigenvalue weighted by molar-refractivity contribution is 1.41. The summed E-state index contributed by atoms with van der Waals surface area (Å²) >= 11 is 3.44. The van der Waals surface area contributed by atoms with E-state index in [0.29, 0.717) is 0 Å². The summed E-state index contributed by atoms with van der Waals surface area (Å²) in [6.45, 7) is 0. The summed E-state index contributed by atoms with van der Waals surface area (Å²) in [4.78, 5) is 4.16. The summed E-state index contributed by atoms with van der Waals surface area (Å²) in [6.07, 6.45) is 1.77. The van der Waals surface area contributed by atoms with Crippen LogP contribution in [-0.2, 0) is 0 Å². The molecule has 0 amide bonds. The molecule has 0 fully saturated rings. The lowest BCUT2D eigenvalue weighted by Crippen LogP contribution is -1.77. The number of nitrogens with zero attached hydrogens (tertiary/aromatic N) is 1. The van der Waals surface area contributed by atoms with Crippen LogP contribution in [0.5, 0.6) is 0 Å². The molecule has 0 aliphatic rings. The SMILES string of the molecule is Brc1cc[c]c2ncccc12. The lowest BCUT2D eigenvalue weighted by Gasteiger charge is -1.96. The van der Waals surface area contributed by atoms with Crippen LogP contribution in [0.3, 0.4) is 0 Å². The number of aromatic nitrogens is 1. The Morgan fingerprint density at radius 3 is 3.09 bits per heavy atom. The second kappa shape index (κ2) is 2.62. The molecule has 1 heterocycles. The van der Waals surface area contributed by atoms with E-state index < -0.39 is 0 Å². The van der Waals surface area contributed by atoms with Crippen molar-refractivity contribution in [3.8, 4) is 0 Å². The van der Waals surface area contributed by atoms with Crippen molar-refractivity contribution in [1.82, 2.24) is 4.98 Å². The van der Waals surface area contributed by atoms with Gasteiger partial charge < -0.3 is 0 Å². The first-order valence-corrected chi connectivity index (χ1v) is 4.08. The predicted octanol–water partition coefficient (Wildman–Crippen LogP) is 2.80. The third-order valence-electron chi connectivity index (χ3n) is 1.51. The molecule has 1 aromatic carbocycles. The van der Waals surface area contributed by atoms with Crippen molar-refractivity contribution in [2.24, 2.45) is 0 Å². The van der Waals surface area contributed by atoms with Gasteiger partial charge in [0.15, 0.2) is 0 Å². The molecule has 1 nitrogen and oxygen atoms in total. The van der Waals surface area contributed by atoms with Gasteiger partial charge in [-0.2, -0.15) is 0 Å². The Balaban J connectivity index is 2.91. The van der Waals surface area contributed by atoms with Crippen LogP contribution in [0.15, 0.2) is 34.9 Å². The number of rotatable bonds is 0. The molecule has 53 valence electrons. The highest BCUT2D eigenvalue weighted by Crippen LogP contribution is 2.20. The lowest BCUT2D eigenvalue weighted by atomic mass is 10.2. The van der Waals surface area contributed by atoms with Gasteiger partial charge in [-0.15, -0.1) is 0 Å². The van der Waals surface area contributed by atoms with Crippen molar-refractivity contribution in [3.05, 3.63) is 41.0 Å². The summed E-state index contributed by atoms with van der Waals surface area (Å²) in [5.74, 6) is 0. The second-order valence-corrected chi connectivity index (χ2v) is 3.08. The summed E-state index contributed by atoms with van der Waals surface area (Å²) in [5, 5.41) is 1.11. The van der Waals surface area contributed by atoms with Crippen molar-refractivity contribution < 1.29 is 0 Å². The number of hydrogen-bond donors (Lipinski definition) is 0. The van der Waals surface area contributed by atoms with Crippen LogP contribution in [0.25, 0.3) is 10.9 Å². The minimum atomic E-state index is 0.905. The van der Waals surface area contributed by atoms with E-state index in [1.54, 1.807) is 6.20 Å². The highest BCUT2D eigenvalue weighted by molar-refractivity contribution is 9.10. The highest BCUT2D eigenvalue weighted by atomic mass is 79.9. The van der Waals surface area contributed by atoms with Crippen molar-refractivity contribution in [2.45, 2.75) is 0 Å². The largest absolute Gasteiger partial charge is 0.256 e. The molecule has 0 saturated carbocycles. The first kappa shape index (κ1) is 6.80. The maximum Gasteiger partial charge on any atom is 0.0792 e. The molecule has 0 spiro atoms. The van der Waals surface area contributed by atoms with E-state index in [1.807, 2.05) is 24.3 Å². The van der Waals surface area contributed by atoms with Crippen molar-refractivity contribution in [2.75, 3.05) is 0 Å². The van der Waals surface area contributed by atoms with Gasteiger partial charge >= 0.3 is 0 Å². The number of hydrogen-bond acceptors (Lipinski definition) is 1. The van der Waals surface area contributed by atoms with E-state index in [0.717, 1.165) is 15.4 Å². The van der Waals surface area contributed by atoms with Gasteiger partial charge in [-0.1, -0.05) is 28.1 Å². The molecule has 0 N–H and O–H groups in total. The fourth-order valence-corrected chi connectivity index (χ4v) is 1.45. The molecule has 0 aliphatic heterocycles. The van der Waals surface area contributed by atoms with Gasteiger partial charge in [0.1, 0.15) is 0 Å². The van der Waals surface area contributed by atoms with Crippen LogP contribution in [0.1, 0.15) is 0 Å². The van der Waals surface area contributed by atoms with Crippen molar-refractivity contribution in [1.29, 1.82) is 0 Å². The molecule has 0 bridgehead atoms. The summed E-state index contributed by atoms with van der Waals surface area (Å²) in [7, 11) is 0. The summed E-state index contributed by atoms with van der Waals surface area (Å²) in [6, 6.07) is 10.8. The van der Waals surface area contributed by atoms with Crippen LogP contribution in [0.2, 0.25) is 0 Å². The number of fused-ring (bicyclic) bond motifs is 1. The Bertz CT molecular complexity index is 379. The van der Waals surface area contributed by atoms with Gasteiger partial charge in [0, 0.05) is 22.1 Å². The summed E-state index contributed by atoms with van der Waals surface area (Å²) in [5.41, 5.74) is 0.905. The molecule has 2 rings (SSSR count). The predicted molar refractivity (Wildman–Crippen MR) is 48.3 cm³/mol. The maximum atomic E-state index is 4.16. The third-order valence-corrected chi connectivity index (χ3v) is 2.21. The Labute approximate surface area is 73.2 Å². The maximum absolute atomic E-state index is 4.16. The first-order chi connectivity index (χ1) is 5.38. The average Bonchev–Trinajstić information content (AvgIpc) is 2.06. The normalized spacial score (nSPS) is 10.3. The van der Waals surface area contributed by atoms with Gasteiger partial charge in [0.05, 0.1) is 5.52 Å².